The lowest BCUT2D eigenvalue weighted by atomic mass is 10.0. The first kappa shape index (κ1) is 8.14. The van der Waals surface area contributed by atoms with E-state index in [-0.39, 0.29) is 6.10 Å². The zero-order valence-electron chi connectivity index (χ0n) is 7.08. The van der Waals surface area contributed by atoms with E-state index >= 15 is 0 Å². The maximum Gasteiger partial charge on any atom is 0.0883 e. The molecule has 2 heteroatoms. The first-order chi connectivity index (χ1) is 5.77. The number of aryl methyl sites for hydroxylation is 1. The van der Waals surface area contributed by atoms with Crippen LogP contribution < -0.4 is 0 Å². The molecule has 1 nitrogen and oxygen atoms in total. The van der Waals surface area contributed by atoms with Crippen molar-refractivity contribution < 1.29 is 5.11 Å². The summed E-state index contributed by atoms with van der Waals surface area (Å²) in [6.45, 7) is 2.06. The first-order valence-corrected chi connectivity index (χ1v) is 5.28. The van der Waals surface area contributed by atoms with Gasteiger partial charge in [0.25, 0.3) is 0 Å². The molecule has 0 saturated carbocycles. The molecule has 0 radical (unpaired) electrons. The smallest absolute Gasteiger partial charge is 0.0883 e. The maximum atomic E-state index is 9.66. The van der Waals surface area contributed by atoms with Gasteiger partial charge in [-0.15, -0.1) is 0 Å². The van der Waals surface area contributed by atoms with Gasteiger partial charge in [-0.25, -0.2) is 0 Å². The summed E-state index contributed by atoms with van der Waals surface area (Å²) < 4.78 is 0. The molecule has 1 N–H and O–H groups in total. The molecule has 64 valence electrons. The molecular formula is C10H12OS. The predicted octanol–water partition coefficient (Wildman–Crippen LogP) is 2.28. The van der Waals surface area contributed by atoms with Gasteiger partial charge in [-0.05, 0) is 18.1 Å². The Morgan fingerprint density at radius 1 is 1.50 bits per heavy atom. The Morgan fingerprint density at radius 3 is 3.17 bits per heavy atom. The zero-order chi connectivity index (χ0) is 8.55. The van der Waals surface area contributed by atoms with Crippen LogP contribution >= 0.6 is 11.8 Å². The number of aliphatic hydroxyl groups excluding tert-OH is 1. The fourth-order valence-electron chi connectivity index (χ4n) is 1.53. The summed E-state index contributed by atoms with van der Waals surface area (Å²) in [5.41, 5.74) is 3.66. The second-order valence-corrected chi connectivity index (χ2v) is 4.26. The number of hydrogen-bond acceptors (Lipinski definition) is 2. The second kappa shape index (κ2) is 3.11. The Hall–Kier alpha value is -0.470. The number of rotatable bonds is 0. The van der Waals surface area contributed by atoms with Crippen LogP contribution in [0.4, 0.5) is 0 Å². The van der Waals surface area contributed by atoms with E-state index < -0.39 is 0 Å². The Kier molecular flexibility index (Phi) is 2.11. The van der Waals surface area contributed by atoms with E-state index in [1.54, 1.807) is 11.8 Å². The summed E-state index contributed by atoms with van der Waals surface area (Å²) in [5.74, 6) is 1.89. The topological polar surface area (TPSA) is 20.2 Å². The molecule has 1 aliphatic rings. The van der Waals surface area contributed by atoms with Crippen molar-refractivity contribution in [1.82, 2.24) is 0 Å². The van der Waals surface area contributed by atoms with Crippen LogP contribution in [0.2, 0.25) is 0 Å². The van der Waals surface area contributed by atoms with E-state index in [4.69, 9.17) is 0 Å². The first-order valence-electron chi connectivity index (χ1n) is 4.12. The SMILES string of the molecule is Cc1ccc2c(c1)[C@H](O)CSC2. The number of thioether (sulfide) groups is 1. The van der Waals surface area contributed by atoms with Crippen LogP contribution in [0.25, 0.3) is 0 Å². The fourth-order valence-corrected chi connectivity index (χ4v) is 2.53. The van der Waals surface area contributed by atoms with Gasteiger partial charge in [0.15, 0.2) is 0 Å². The molecule has 0 aromatic heterocycles. The monoisotopic (exact) mass is 180 g/mol. The number of hydrogen-bond donors (Lipinski definition) is 1. The molecule has 2 rings (SSSR count). The predicted molar refractivity (Wildman–Crippen MR) is 52.3 cm³/mol. The number of aliphatic hydroxyl groups is 1. The highest BCUT2D eigenvalue weighted by Crippen LogP contribution is 2.31. The van der Waals surface area contributed by atoms with E-state index in [1.807, 2.05) is 0 Å². The maximum absolute atomic E-state index is 9.66. The summed E-state index contributed by atoms with van der Waals surface area (Å²) in [6, 6.07) is 6.33. The van der Waals surface area contributed by atoms with Crippen LogP contribution in [-0.4, -0.2) is 10.9 Å². The second-order valence-electron chi connectivity index (χ2n) is 3.23. The Balaban J connectivity index is 2.47. The van der Waals surface area contributed by atoms with Crippen molar-refractivity contribution in [2.45, 2.75) is 18.8 Å². The Labute approximate surface area is 76.8 Å². The van der Waals surface area contributed by atoms with Gasteiger partial charge >= 0.3 is 0 Å². The van der Waals surface area contributed by atoms with Crippen molar-refractivity contribution in [3.8, 4) is 0 Å². The van der Waals surface area contributed by atoms with Crippen LogP contribution in [0.15, 0.2) is 18.2 Å². The molecule has 1 aromatic carbocycles. The molecule has 0 spiro atoms. The van der Waals surface area contributed by atoms with Crippen LogP contribution in [0.1, 0.15) is 22.8 Å². The molecule has 0 bridgehead atoms. The molecule has 0 unspecified atom stereocenters. The van der Waals surface area contributed by atoms with Crippen LogP contribution in [0.5, 0.6) is 0 Å². The van der Waals surface area contributed by atoms with Crippen molar-refractivity contribution in [2.24, 2.45) is 0 Å². The lowest BCUT2D eigenvalue weighted by Gasteiger charge is -2.21. The molecule has 1 aliphatic heterocycles. The van der Waals surface area contributed by atoms with Crippen molar-refractivity contribution in [1.29, 1.82) is 0 Å². The summed E-state index contributed by atoms with van der Waals surface area (Å²) in [6.07, 6.45) is -0.251. The molecular weight excluding hydrogens is 168 g/mol. The third kappa shape index (κ3) is 1.37. The summed E-state index contributed by atoms with van der Waals surface area (Å²) in [4.78, 5) is 0. The van der Waals surface area contributed by atoms with Gasteiger partial charge in [-0.1, -0.05) is 23.8 Å². The van der Waals surface area contributed by atoms with Crippen molar-refractivity contribution in [3.05, 3.63) is 34.9 Å². The van der Waals surface area contributed by atoms with Gasteiger partial charge < -0.3 is 5.11 Å². The normalized spacial score (nSPS) is 22.0. The molecule has 0 aliphatic carbocycles. The van der Waals surface area contributed by atoms with Gasteiger partial charge in [-0.2, -0.15) is 11.8 Å². The minimum Gasteiger partial charge on any atom is -0.388 e. The van der Waals surface area contributed by atoms with E-state index in [1.165, 1.54) is 11.1 Å². The number of benzene rings is 1. The molecule has 1 atom stereocenters. The van der Waals surface area contributed by atoms with Crippen molar-refractivity contribution >= 4 is 11.8 Å². The zero-order valence-corrected chi connectivity index (χ0v) is 7.90. The highest BCUT2D eigenvalue weighted by atomic mass is 32.2. The molecule has 1 heterocycles. The van der Waals surface area contributed by atoms with E-state index in [0.29, 0.717) is 0 Å². The third-order valence-electron chi connectivity index (χ3n) is 2.19. The average molecular weight is 180 g/mol. The van der Waals surface area contributed by atoms with Crippen LogP contribution in [-0.2, 0) is 5.75 Å². The van der Waals surface area contributed by atoms with Gasteiger partial charge in [0.2, 0.25) is 0 Å². The minimum absolute atomic E-state index is 0.251. The highest BCUT2D eigenvalue weighted by molar-refractivity contribution is 7.98. The Morgan fingerprint density at radius 2 is 2.33 bits per heavy atom. The van der Waals surface area contributed by atoms with Gasteiger partial charge in [-0.3, -0.25) is 0 Å². The third-order valence-corrected chi connectivity index (χ3v) is 3.26. The molecule has 0 amide bonds. The van der Waals surface area contributed by atoms with Crippen molar-refractivity contribution in [3.63, 3.8) is 0 Å². The lowest BCUT2D eigenvalue weighted by Crippen LogP contribution is -2.09. The summed E-state index contributed by atoms with van der Waals surface area (Å²) in [7, 11) is 0. The number of fused-ring (bicyclic) bond motifs is 1. The van der Waals surface area contributed by atoms with Crippen molar-refractivity contribution in [2.75, 3.05) is 5.75 Å². The van der Waals surface area contributed by atoms with Gasteiger partial charge in [0.05, 0.1) is 6.10 Å². The molecule has 0 fully saturated rings. The Bertz CT molecular complexity index is 296. The highest BCUT2D eigenvalue weighted by Gasteiger charge is 2.17. The van der Waals surface area contributed by atoms with Gasteiger partial charge in [0, 0.05) is 11.5 Å². The molecule has 0 saturated heterocycles. The lowest BCUT2D eigenvalue weighted by molar-refractivity contribution is 0.201. The quantitative estimate of drug-likeness (QED) is 0.661. The van der Waals surface area contributed by atoms with Crippen LogP contribution in [0, 0.1) is 6.92 Å². The standard InChI is InChI=1S/C10H12OS/c1-7-2-3-8-5-12-6-10(11)9(8)4-7/h2-4,10-11H,5-6H2,1H3/t10-/m1/s1. The van der Waals surface area contributed by atoms with Crippen LogP contribution in [0.3, 0.4) is 0 Å². The summed E-state index contributed by atoms with van der Waals surface area (Å²) >= 11 is 1.80. The van der Waals surface area contributed by atoms with E-state index in [2.05, 4.69) is 25.1 Å². The minimum atomic E-state index is -0.251. The molecule has 1 aromatic rings. The summed E-state index contributed by atoms with van der Waals surface area (Å²) in [5, 5.41) is 9.66. The molecule has 12 heavy (non-hydrogen) atoms. The fraction of sp³-hybridized carbons (Fsp3) is 0.400. The van der Waals surface area contributed by atoms with E-state index in [0.717, 1.165) is 17.1 Å². The van der Waals surface area contributed by atoms with E-state index in [9.17, 15) is 5.11 Å². The van der Waals surface area contributed by atoms with Gasteiger partial charge in [0.1, 0.15) is 0 Å². The average Bonchev–Trinajstić information content (AvgIpc) is 2.07. The largest absolute Gasteiger partial charge is 0.388 e.